The standard InChI is InChI=1S/C23H27N3O5/c1-16(27)25-20(14-18-11-7-4-8-12-18)23(30)26-19(13-17-9-5-3-6-10-17)22(29)24-15-21(28)31-2/h3-12,19-20H,13-15H2,1-2H3,(H,24,29)(H,25,27)(H,26,30)/t19-,20-/m0/s1. The van der Waals surface area contributed by atoms with E-state index in [0.717, 1.165) is 11.1 Å². The molecule has 31 heavy (non-hydrogen) atoms. The first-order valence-corrected chi connectivity index (χ1v) is 9.89. The molecule has 0 saturated heterocycles. The fourth-order valence-corrected chi connectivity index (χ4v) is 2.99. The highest BCUT2D eigenvalue weighted by Crippen LogP contribution is 2.07. The second-order valence-electron chi connectivity index (χ2n) is 6.99. The topological polar surface area (TPSA) is 114 Å². The summed E-state index contributed by atoms with van der Waals surface area (Å²) in [5, 5.41) is 7.83. The molecule has 0 spiro atoms. The monoisotopic (exact) mass is 425 g/mol. The van der Waals surface area contributed by atoms with E-state index in [2.05, 4.69) is 20.7 Å². The first-order chi connectivity index (χ1) is 14.9. The Bertz CT molecular complexity index is 887. The van der Waals surface area contributed by atoms with Gasteiger partial charge in [0.1, 0.15) is 18.6 Å². The third-order valence-corrected chi connectivity index (χ3v) is 4.53. The molecule has 0 aromatic heterocycles. The van der Waals surface area contributed by atoms with Crippen LogP contribution in [0.25, 0.3) is 0 Å². The molecule has 3 amide bonds. The normalized spacial score (nSPS) is 12.2. The molecule has 164 valence electrons. The average molecular weight is 425 g/mol. The summed E-state index contributed by atoms with van der Waals surface area (Å²) in [7, 11) is 1.22. The molecule has 0 aliphatic carbocycles. The van der Waals surface area contributed by atoms with Crippen LogP contribution < -0.4 is 16.0 Å². The molecule has 3 N–H and O–H groups in total. The molecular weight excluding hydrogens is 398 g/mol. The summed E-state index contributed by atoms with van der Waals surface area (Å²) in [6, 6.07) is 16.6. The van der Waals surface area contributed by atoms with Gasteiger partial charge in [0.25, 0.3) is 0 Å². The maximum atomic E-state index is 13.0. The Balaban J connectivity index is 2.16. The molecule has 0 heterocycles. The summed E-state index contributed by atoms with van der Waals surface area (Å²) in [5.74, 6) is -1.97. The van der Waals surface area contributed by atoms with Crippen LogP contribution in [0.4, 0.5) is 0 Å². The van der Waals surface area contributed by atoms with Crippen LogP contribution in [0.3, 0.4) is 0 Å². The molecule has 8 nitrogen and oxygen atoms in total. The van der Waals surface area contributed by atoms with E-state index in [1.54, 1.807) is 0 Å². The highest BCUT2D eigenvalue weighted by molar-refractivity contribution is 5.93. The van der Waals surface area contributed by atoms with Crippen LogP contribution >= 0.6 is 0 Å². The molecule has 0 radical (unpaired) electrons. The third-order valence-electron chi connectivity index (χ3n) is 4.53. The Morgan fingerprint density at radius 2 is 1.26 bits per heavy atom. The molecular formula is C23H27N3O5. The van der Waals surface area contributed by atoms with E-state index in [9.17, 15) is 19.2 Å². The summed E-state index contributed by atoms with van der Waals surface area (Å²) >= 11 is 0. The zero-order valence-corrected chi connectivity index (χ0v) is 17.6. The van der Waals surface area contributed by atoms with Crippen LogP contribution in [0.1, 0.15) is 18.1 Å². The number of benzene rings is 2. The van der Waals surface area contributed by atoms with Gasteiger partial charge < -0.3 is 20.7 Å². The van der Waals surface area contributed by atoms with Crippen LogP contribution in [0.15, 0.2) is 60.7 Å². The fraction of sp³-hybridized carbons (Fsp3) is 0.304. The smallest absolute Gasteiger partial charge is 0.325 e. The van der Waals surface area contributed by atoms with Crippen LogP contribution in [0, 0.1) is 0 Å². The molecule has 2 aromatic carbocycles. The number of hydrogen-bond donors (Lipinski definition) is 3. The Morgan fingerprint density at radius 3 is 1.71 bits per heavy atom. The van der Waals surface area contributed by atoms with Gasteiger partial charge in [-0.2, -0.15) is 0 Å². The van der Waals surface area contributed by atoms with E-state index >= 15 is 0 Å². The predicted octanol–water partition coefficient (Wildman–Crippen LogP) is 0.751. The van der Waals surface area contributed by atoms with Gasteiger partial charge in [0, 0.05) is 19.8 Å². The SMILES string of the molecule is COC(=O)CNC(=O)[C@H](Cc1ccccc1)NC(=O)[C@H](Cc1ccccc1)NC(C)=O. The number of carbonyl (C=O) groups excluding carboxylic acids is 4. The molecule has 0 unspecified atom stereocenters. The number of rotatable bonds is 10. The second kappa shape index (κ2) is 12.1. The molecule has 2 rings (SSSR count). The van der Waals surface area contributed by atoms with Gasteiger partial charge in [-0.1, -0.05) is 60.7 Å². The number of hydrogen-bond acceptors (Lipinski definition) is 5. The van der Waals surface area contributed by atoms with Gasteiger partial charge in [-0.05, 0) is 11.1 Å². The first-order valence-electron chi connectivity index (χ1n) is 9.89. The zero-order chi connectivity index (χ0) is 22.6. The zero-order valence-electron chi connectivity index (χ0n) is 17.6. The van der Waals surface area contributed by atoms with E-state index < -0.39 is 29.9 Å². The van der Waals surface area contributed by atoms with E-state index in [4.69, 9.17) is 0 Å². The third kappa shape index (κ3) is 8.30. The highest BCUT2D eigenvalue weighted by Gasteiger charge is 2.27. The van der Waals surface area contributed by atoms with Gasteiger partial charge in [-0.15, -0.1) is 0 Å². The lowest BCUT2D eigenvalue weighted by atomic mass is 10.0. The van der Waals surface area contributed by atoms with Crippen molar-refractivity contribution in [1.29, 1.82) is 0 Å². The lowest BCUT2D eigenvalue weighted by Gasteiger charge is -2.23. The van der Waals surface area contributed by atoms with Gasteiger partial charge in [-0.3, -0.25) is 19.2 Å². The Hall–Kier alpha value is -3.68. The number of amides is 3. The van der Waals surface area contributed by atoms with Crippen molar-refractivity contribution in [2.45, 2.75) is 31.8 Å². The summed E-state index contributed by atoms with van der Waals surface area (Å²) in [4.78, 5) is 48.7. The summed E-state index contributed by atoms with van der Waals surface area (Å²) < 4.78 is 4.54. The number of carbonyl (C=O) groups is 4. The van der Waals surface area contributed by atoms with Crippen molar-refractivity contribution in [3.8, 4) is 0 Å². The lowest BCUT2D eigenvalue weighted by molar-refractivity contribution is -0.141. The van der Waals surface area contributed by atoms with Crippen molar-refractivity contribution in [2.24, 2.45) is 0 Å². The van der Waals surface area contributed by atoms with Gasteiger partial charge >= 0.3 is 5.97 Å². The molecule has 0 saturated carbocycles. The minimum atomic E-state index is -0.938. The number of ether oxygens (including phenoxy) is 1. The van der Waals surface area contributed by atoms with Crippen molar-refractivity contribution in [2.75, 3.05) is 13.7 Å². The lowest BCUT2D eigenvalue weighted by Crippen LogP contribution is -2.55. The summed E-state index contributed by atoms with van der Waals surface area (Å²) in [5.41, 5.74) is 1.70. The number of methoxy groups -OCH3 is 1. The predicted molar refractivity (Wildman–Crippen MR) is 115 cm³/mol. The first kappa shape index (κ1) is 23.6. The maximum Gasteiger partial charge on any atom is 0.325 e. The summed E-state index contributed by atoms with van der Waals surface area (Å²) in [6.45, 7) is 1.02. The van der Waals surface area contributed by atoms with E-state index in [-0.39, 0.29) is 25.3 Å². The highest BCUT2D eigenvalue weighted by atomic mass is 16.5. The molecule has 2 aromatic rings. The average Bonchev–Trinajstić information content (AvgIpc) is 2.77. The van der Waals surface area contributed by atoms with E-state index in [1.165, 1.54) is 14.0 Å². The van der Waals surface area contributed by atoms with Crippen molar-refractivity contribution in [3.63, 3.8) is 0 Å². The van der Waals surface area contributed by atoms with Gasteiger partial charge in [-0.25, -0.2) is 0 Å². The largest absolute Gasteiger partial charge is 0.468 e. The van der Waals surface area contributed by atoms with E-state index in [0.29, 0.717) is 0 Å². The second-order valence-corrected chi connectivity index (χ2v) is 6.99. The Kier molecular flexibility index (Phi) is 9.22. The van der Waals surface area contributed by atoms with Crippen molar-refractivity contribution in [3.05, 3.63) is 71.8 Å². The maximum absolute atomic E-state index is 13.0. The molecule has 0 bridgehead atoms. The van der Waals surface area contributed by atoms with Crippen LogP contribution in [-0.4, -0.2) is 49.4 Å². The van der Waals surface area contributed by atoms with Gasteiger partial charge in [0.15, 0.2) is 0 Å². The minimum Gasteiger partial charge on any atom is -0.468 e. The van der Waals surface area contributed by atoms with Crippen LogP contribution in [0.5, 0.6) is 0 Å². The Morgan fingerprint density at radius 1 is 0.774 bits per heavy atom. The number of nitrogens with one attached hydrogen (secondary N) is 3. The fourth-order valence-electron chi connectivity index (χ4n) is 2.99. The van der Waals surface area contributed by atoms with Gasteiger partial charge in [0.05, 0.1) is 7.11 Å². The van der Waals surface area contributed by atoms with Crippen molar-refractivity contribution < 1.29 is 23.9 Å². The Labute approximate surface area is 181 Å². The number of esters is 1. The van der Waals surface area contributed by atoms with Crippen molar-refractivity contribution in [1.82, 2.24) is 16.0 Å². The summed E-state index contributed by atoms with van der Waals surface area (Å²) in [6.07, 6.45) is 0.492. The van der Waals surface area contributed by atoms with Gasteiger partial charge in [0.2, 0.25) is 17.7 Å². The minimum absolute atomic E-state index is 0.220. The van der Waals surface area contributed by atoms with E-state index in [1.807, 2.05) is 60.7 Å². The molecule has 0 fully saturated rings. The van der Waals surface area contributed by atoms with Crippen LogP contribution in [-0.2, 0) is 36.8 Å². The quantitative estimate of drug-likeness (QED) is 0.486. The molecule has 0 aliphatic heterocycles. The van der Waals surface area contributed by atoms with Crippen LogP contribution in [0.2, 0.25) is 0 Å². The molecule has 8 heteroatoms. The molecule has 0 aliphatic rings. The van der Waals surface area contributed by atoms with Crippen molar-refractivity contribution >= 4 is 23.7 Å². The molecule has 2 atom stereocenters.